The third kappa shape index (κ3) is 4.26. The topological polar surface area (TPSA) is 40.5 Å². The molecule has 1 heterocycles. The first kappa shape index (κ1) is 21.3. The maximum absolute atomic E-state index is 13.2. The van der Waals surface area contributed by atoms with Crippen molar-refractivity contribution in [1.29, 1.82) is 0 Å². The molecular formula is C27H27NO2S. The van der Waals surface area contributed by atoms with Crippen molar-refractivity contribution < 1.29 is 9.90 Å². The van der Waals surface area contributed by atoms with Crippen LogP contribution >= 0.6 is 11.8 Å². The number of amides is 1. The molecule has 1 aliphatic heterocycles. The fourth-order valence-corrected chi connectivity index (χ4v) is 4.47. The number of aliphatic hydroxyl groups is 1. The Morgan fingerprint density at radius 1 is 0.935 bits per heavy atom. The third-order valence-electron chi connectivity index (χ3n) is 5.82. The fourth-order valence-electron chi connectivity index (χ4n) is 4.07. The average molecular weight is 430 g/mol. The number of carbonyl (C=O) groups excluding carboxylic acids is 1. The Labute approximate surface area is 188 Å². The molecule has 4 heteroatoms. The predicted octanol–water partition coefficient (Wildman–Crippen LogP) is 6.58. The van der Waals surface area contributed by atoms with Crippen molar-refractivity contribution in [1.82, 2.24) is 4.90 Å². The van der Waals surface area contributed by atoms with Gasteiger partial charge in [-0.3, -0.25) is 4.79 Å². The number of carbonyl (C=O) groups is 1. The monoisotopic (exact) mass is 429 g/mol. The van der Waals surface area contributed by atoms with Crippen LogP contribution in [0.3, 0.4) is 0 Å². The predicted molar refractivity (Wildman–Crippen MR) is 128 cm³/mol. The first-order valence-corrected chi connectivity index (χ1v) is 11.7. The van der Waals surface area contributed by atoms with Crippen LogP contribution in [0.15, 0.2) is 89.5 Å². The maximum atomic E-state index is 13.2. The summed E-state index contributed by atoms with van der Waals surface area (Å²) in [7, 11) is 0. The molecule has 0 spiro atoms. The minimum Gasteiger partial charge on any atom is -0.503 e. The molecule has 4 rings (SSSR count). The van der Waals surface area contributed by atoms with E-state index in [1.807, 2.05) is 36.6 Å². The molecule has 3 aromatic carbocycles. The third-order valence-corrected chi connectivity index (χ3v) is 6.56. The minimum absolute atomic E-state index is 0.162. The van der Waals surface area contributed by atoms with Gasteiger partial charge in [-0.25, -0.2) is 0 Å². The van der Waals surface area contributed by atoms with Crippen LogP contribution in [-0.2, 0) is 11.3 Å². The minimum atomic E-state index is -0.337. The zero-order valence-corrected chi connectivity index (χ0v) is 18.9. The Morgan fingerprint density at radius 3 is 2.16 bits per heavy atom. The highest BCUT2D eigenvalue weighted by Gasteiger charge is 2.40. The van der Waals surface area contributed by atoms with E-state index < -0.39 is 0 Å². The van der Waals surface area contributed by atoms with Gasteiger partial charge in [0.1, 0.15) is 0 Å². The Bertz CT molecular complexity index is 1090. The smallest absolute Gasteiger partial charge is 0.290 e. The van der Waals surface area contributed by atoms with Crippen LogP contribution in [0.4, 0.5) is 0 Å². The largest absolute Gasteiger partial charge is 0.503 e. The van der Waals surface area contributed by atoms with Crippen LogP contribution in [0.5, 0.6) is 0 Å². The molecule has 1 aliphatic rings. The number of hydrogen-bond acceptors (Lipinski definition) is 3. The lowest BCUT2D eigenvalue weighted by molar-refractivity contribution is -0.130. The lowest BCUT2D eigenvalue weighted by atomic mass is 9.91. The highest BCUT2D eigenvalue weighted by atomic mass is 32.2. The van der Waals surface area contributed by atoms with E-state index in [-0.39, 0.29) is 17.7 Å². The summed E-state index contributed by atoms with van der Waals surface area (Å²) in [5.41, 5.74) is 4.83. The van der Waals surface area contributed by atoms with Crippen LogP contribution < -0.4 is 0 Å². The van der Waals surface area contributed by atoms with Crippen molar-refractivity contribution >= 4 is 23.2 Å². The van der Waals surface area contributed by atoms with Gasteiger partial charge in [0.25, 0.3) is 5.91 Å². The number of nitrogens with zero attached hydrogens (tertiary/aromatic N) is 1. The molecular weight excluding hydrogens is 402 g/mol. The Kier molecular flexibility index (Phi) is 6.19. The summed E-state index contributed by atoms with van der Waals surface area (Å²) in [4.78, 5) is 16.1. The van der Waals surface area contributed by atoms with Crippen molar-refractivity contribution in [2.24, 2.45) is 0 Å². The Hall–Kier alpha value is -2.98. The van der Waals surface area contributed by atoms with Gasteiger partial charge in [0.15, 0.2) is 5.76 Å². The highest BCUT2D eigenvalue weighted by molar-refractivity contribution is 7.98. The molecule has 158 valence electrons. The molecule has 0 radical (unpaired) electrons. The van der Waals surface area contributed by atoms with E-state index in [1.54, 1.807) is 16.7 Å². The Balaban J connectivity index is 1.76. The molecule has 0 bridgehead atoms. The first-order valence-electron chi connectivity index (χ1n) is 10.5. The summed E-state index contributed by atoms with van der Waals surface area (Å²) in [5.74, 6) is -0.0570. The van der Waals surface area contributed by atoms with Crippen LogP contribution in [0.1, 0.15) is 48.1 Å². The van der Waals surface area contributed by atoms with Crippen molar-refractivity contribution in [2.45, 2.75) is 37.2 Å². The standard InChI is InChI=1S/C27H27NO2S/c1-18(2)20-11-13-22(14-12-20)25-24(21-7-5-4-6-8-21)26(29)27(30)28(25)17-19-9-15-23(31-3)16-10-19/h4-16,18,25,29H,17H2,1-3H3/t25-/m1/s1. The average Bonchev–Trinajstić information content (AvgIpc) is 3.05. The molecule has 0 aromatic heterocycles. The van der Waals surface area contributed by atoms with Gasteiger partial charge < -0.3 is 10.0 Å². The molecule has 0 aliphatic carbocycles. The van der Waals surface area contributed by atoms with Crippen LogP contribution in [0.2, 0.25) is 0 Å². The molecule has 1 N–H and O–H groups in total. The fraction of sp³-hybridized carbons (Fsp3) is 0.222. The molecule has 31 heavy (non-hydrogen) atoms. The van der Waals surface area contributed by atoms with E-state index in [4.69, 9.17) is 0 Å². The van der Waals surface area contributed by atoms with Gasteiger partial charge in [-0.15, -0.1) is 11.8 Å². The van der Waals surface area contributed by atoms with E-state index in [0.29, 0.717) is 18.0 Å². The van der Waals surface area contributed by atoms with Gasteiger partial charge >= 0.3 is 0 Å². The van der Waals surface area contributed by atoms with Gasteiger partial charge in [0.05, 0.1) is 6.04 Å². The summed E-state index contributed by atoms with van der Waals surface area (Å²) >= 11 is 1.69. The lowest BCUT2D eigenvalue weighted by Gasteiger charge is -2.28. The summed E-state index contributed by atoms with van der Waals surface area (Å²) in [6.07, 6.45) is 2.05. The molecule has 0 saturated carbocycles. The summed E-state index contributed by atoms with van der Waals surface area (Å²) < 4.78 is 0. The quantitative estimate of drug-likeness (QED) is 0.450. The van der Waals surface area contributed by atoms with Gasteiger partial charge in [-0.05, 0) is 46.6 Å². The van der Waals surface area contributed by atoms with E-state index in [0.717, 1.165) is 16.7 Å². The number of aliphatic hydroxyl groups excluding tert-OH is 1. The lowest BCUT2D eigenvalue weighted by Crippen LogP contribution is -2.29. The van der Waals surface area contributed by atoms with Crippen LogP contribution in [0, 0.1) is 0 Å². The first-order chi connectivity index (χ1) is 15.0. The maximum Gasteiger partial charge on any atom is 0.290 e. The highest BCUT2D eigenvalue weighted by Crippen LogP contribution is 2.43. The number of rotatable bonds is 6. The van der Waals surface area contributed by atoms with Crippen LogP contribution in [0.25, 0.3) is 5.57 Å². The van der Waals surface area contributed by atoms with Crippen molar-refractivity contribution in [3.05, 3.63) is 107 Å². The second kappa shape index (κ2) is 9.03. The van der Waals surface area contributed by atoms with Gasteiger partial charge in [-0.2, -0.15) is 0 Å². The van der Waals surface area contributed by atoms with E-state index >= 15 is 0 Å². The van der Waals surface area contributed by atoms with Crippen molar-refractivity contribution in [2.75, 3.05) is 6.26 Å². The van der Waals surface area contributed by atoms with E-state index in [2.05, 4.69) is 62.4 Å². The number of hydrogen-bond donors (Lipinski definition) is 1. The summed E-state index contributed by atoms with van der Waals surface area (Å²) in [5, 5.41) is 10.9. The Morgan fingerprint density at radius 2 is 1.58 bits per heavy atom. The van der Waals surface area contributed by atoms with Gasteiger partial charge in [-0.1, -0.05) is 80.6 Å². The van der Waals surface area contributed by atoms with E-state index in [9.17, 15) is 9.90 Å². The molecule has 1 atom stereocenters. The normalized spacial score (nSPS) is 16.5. The van der Waals surface area contributed by atoms with Crippen molar-refractivity contribution in [3.8, 4) is 0 Å². The molecule has 0 saturated heterocycles. The SMILES string of the molecule is CSc1ccc(CN2C(=O)C(O)=C(c3ccccc3)[C@H]2c2ccc(C(C)C)cc2)cc1. The molecule has 3 nitrogen and oxygen atoms in total. The molecule has 1 amide bonds. The van der Waals surface area contributed by atoms with Crippen molar-refractivity contribution in [3.63, 3.8) is 0 Å². The summed E-state index contributed by atoms with van der Waals surface area (Å²) in [6.45, 7) is 4.77. The van der Waals surface area contributed by atoms with Gasteiger partial charge in [0.2, 0.25) is 0 Å². The molecule has 0 fully saturated rings. The molecule has 3 aromatic rings. The zero-order valence-electron chi connectivity index (χ0n) is 18.1. The van der Waals surface area contributed by atoms with Crippen LogP contribution in [-0.4, -0.2) is 22.2 Å². The second-order valence-electron chi connectivity index (χ2n) is 8.13. The number of benzene rings is 3. The molecule has 0 unspecified atom stereocenters. The number of thioether (sulfide) groups is 1. The summed E-state index contributed by atoms with van der Waals surface area (Å²) in [6, 6.07) is 26.0. The van der Waals surface area contributed by atoms with E-state index in [1.165, 1.54) is 10.5 Å². The second-order valence-corrected chi connectivity index (χ2v) is 9.01. The zero-order chi connectivity index (χ0) is 22.0. The van der Waals surface area contributed by atoms with Gasteiger partial charge in [0, 0.05) is 17.0 Å².